The molecule has 2 rings (SSSR count). The molecule has 2 nitrogen and oxygen atoms in total. The molecule has 0 radical (unpaired) electrons. The lowest BCUT2D eigenvalue weighted by Gasteiger charge is -2.26. The first-order valence-electron chi connectivity index (χ1n) is 5.49. The molecule has 0 fully saturated rings. The van der Waals surface area contributed by atoms with E-state index in [9.17, 15) is 4.79 Å². The molecule has 0 aliphatic heterocycles. The Morgan fingerprint density at radius 2 is 2.18 bits per heavy atom. The van der Waals surface area contributed by atoms with Crippen molar-refractivity contribution < 1.29 is 4.79 Å². The van der Waals surface area contributed by atoms with Crippen molar-refractivity contribution in [2.45, 2.75) is 19.9 Å². The third-order valence-electron chi connectivity index (χ3n) is 2.63. The lowest BCUT2D eigenvalue weighted by molar-refractivity contribution is -0.116. The van der Waals surface area contributed by atoms with Gasteiger partial charge in [0.1, 0.15) is 5.88 Å². The zero-order chi connectivity index (χ0) is 12.4. The summed E-state index contributed by atoms with van der Waals surface area (Å²) in [5.41, 5.74) is 0.949. The van der Waals surface area contributed by atoms with Gasteiger partial charge in [0.25, 0.3) is 0 Å². The Bertz CT molecular complexity index is 535. The summed E-state index contributed by atoms with van der Waals surface area (Å²) in [5, 5.41) is 3.15. The quantitative estimate of drug-likeness (QED) is 0.773. The number of halogens is 1. The van der Waals surface area contributed by atoms with Gasteiger partial charge in [0.05, 0.1) is 5.69 Å². The van der Waals surface area contributed by atoms with E-state index in [2.05, 4.69) is 6.07 Å². The summed E-state index contributed by atoms with van der Waals surface area (Å²) < 4.78 is 1.19. The number of hydrogen-bond acceptors (Lipinski definition) is 2. The van der Waals surface area contributed by atoms with Gasteiger partial charge in [-0.05, 0) is 37.4 Å². The van der Waals surface area contributed by atoms with E-state index in [0.717, 1.165) is 11.1 Å². The smallest absolute Gasteiger partial charge is 0.242 e. The molecule has 0 aliphatic rings. The number of fused-ring (bicyclic) bond motifs is 1. The zero-order valence-corrected chi connectivity index (χ0v) is 11.4. The van der Waals surface area contributed by atoms with Crippen LogP contribution in [-0.2, 0) is 4.79 Å². The van der Waals surface area contributed by atoms with E-state index >= 15 is 0 Å². The number of alkyl halides is 1. The van der Waals surface area contributed by atoms with Crippen molar-refractivity contribution in [2.24, 2.45) is 0 Å². The molecule has 1 heterocycles. The highest BCUT2D eigenvalue weighted by Crippen LogP contribution is 2.31. The number of carbonyl (C=O) groups excluding carboxylic acids is 1. The van der Waals surface area contributed by atoms with Gasteiger partial charge in [0.15, 0.2) is 0 Å². The highest BCUT2D eigenvalue weighted by Gasteiger charge is 2.20. The summed E-state index contributed by atoms with van der Waals surface area (Å²) in [7, 11) is 0. The van der Waals surface area contributed by atoms with Crippen LogP contribution in [0.1, 0.15) is 13.8 Å². The van der Waals surface area contributed by atoms with E-state index in [1.165, 1.54) is 4.70 Å². The predicted molar refractivity (Wildman–Crippen MR) is 75.2 cm³/mol. The molecular weight excluding hydrogens is 254 g/mol. The highest BCUT2D eigenvalue weighted by atomic mass is 35.5. The molecule has 0 N–H and O–H groups in total. The molecule has 0 saturated carbocycles. The minimum Gasteiger partial charge on any atom is -0.308 e. The Balaban J connectivity index is 2.56. The van der Waals surface area contributed by atoms with Gasteiger partial charge in [-0.2, -0.15) is 0 Å². The minimum atomic E-state index is -0.0552. The number of thiophene rings is 1. The van der Waals surface area contributed by atoms with Gasteiger partial charge in [-0.3, -0.25) is 4.79 Å². The molecule has 0 saturated heterocycles. The second kappa shape index (κ2) is 5.07. The van der Waals surface area contributed by atoms with Gasteiger partial charge in [-0.25, -0.2) is 0 Å². The predicted octanol–water partition coefficient (Wildman–Crippen LogP) is 3.88. The number of nitrogens with zero attached hydrogens (tertiary/aromatic N) is 1. The van der Waals surface area contributed by atoms with Crippen LogP contribution >= 0.6 is 22.9 Å². The Kier molecular flexibility index (Phi) is 3.69. The summed E-state index contributed by atoms with van der Waals surface area (Å²) in [4.78, 5) is 13.7. The van der Waals surface area contributed by atoms with E-state index < -0.39 is 0 Å². The van der Waals surface area contributed by atoms with Crippen molar-refractivity contribution in [1.82, 2.24) is 0 Å². The van der Waals surface area contributed by atoms with E-state index in [1.54, 1.807) is 16.2 Å². The van der Waals surface area contributed by atoms with Crippen LogP contribution in [0.5, 0.6) is 0 Å². The maximum absolute atomic E-state index is 11.9. The largest absolute Gasteiger partial charge is 0.308 e. The van der Waals surface area contributed by atoms with Crippen molar-refractivity contribution in [3.63, 3.8) is 0 Å². The van der Waals surface area contributed by atoms with E-state index in [1.807, 2.05) is 37.4 Å². The molecule has 17 heavy (non-hydrogen) atoms. The van der Waals surface area contributed by atoms with Crippen LogP contribution in [0.15, 0.2) is 29.6 Å². The molecule has 0 atom stereocenters. The summed E-state index contributed by atoms with van der Waals surface area (Å²) in [6.45, 7) is 3.99. The van der Waals surface area contributed by atoms with E-state index in [4.69, 9.17) is 11.6 Å². The number of benzene rings is 1. The second-order valence-electron chi connectivity index (χ2n) is 4.10. The average molecular weight is 268 g/mol. The summed E-state index contributed by atoms with van der Waals surface area (Å²) in [6, 6.07) is 8.16. The van der Waals surface area contributed by atoms with Gasteiger partial charge < -0.3 is 4.90 Å². The van der Waals surface area contributed by atoms with E-state index in [0.29, 0.717) is 0 Å². The summed E-state index contributed by atoms with van der Waals surface area (Å²) in [6.07, 6.45) is 0. The van der Waals surface area contributed by atoms with Crippen LogP contribution in [0.25, 0.3) is 10.1 Å². The molecule has 2 aromatic rings. The topological polar surface area (TPSA) is 20.3 Å². The monoisotopic (exact) mass is 267 g/mol. The first kappa shape index (κ1) is 12.4. The fraction of sp³-hybridized carbons (Fsp3) is 0.308. The molecule has 0 unspecified atom stereocenters. The molecule has 1 aromatic carbocycles. The number of rotatable bonds is 3. The standard InChI is InChI=1S/C13H14ClNOS/c1-9(2)15(13(16)8-14)11-4-3-5-12-10(11)6-7-17-12/h3-7,9H,8H2,1-2H3. The van der Waals surface area contributed by atoms with Crippen LogP contribution in [0.3, 0.4) is 0 Å². The Morgan fingerprint density at radius 3 is 2.82 bits per heavy atom. The minimum absolute atomic E-state index is 0.0126. The van der Waals surface area contributed by atoms with Gasteiger partial charge in [0.2, 0.25) is 5.91 Å². The molecule has 1 aromatic heterocycles. The van der Waals surface area contributed by atoms with Gasteiger partial charge >= 0.3 is 0 Å². The van der Waals surface area contributed by atoms with Crippen molar-refractivity contribution in [3.8, 4) is 0 Å². The van der Waals surface area contributed by atoms with Gasteiger partial charge in [0, 0.05) is 16.1 Å². The maximum Gasteiger partial charge on any atom is 0.242 e. The number of hydrogen-bond donors (Lipinski definition) is 0. The number of anilines is 1. The SMILES string of the molecule is CC(C)N(C(=O)CCl)c1cccc2sccc12. The normalized spacial score (nSPS) is 11.1. The Morgan fingerprint density at radius 1 is 1.41 bits per heavy atom. The van der Waals surface area contributed by atoms with Crippen molar-refractivity contribution >= 4 is 44.6 Å². The molecule has 0 spiro atoms. The zero-order valence-electron chi connectivity index (χ0n) is 9.81. The van der Waals surface area contributed by atoms with Crippen LogP contribution in [0.2, 0.25) is 0 Å². The van der Waals surface area contributed by atoms with Crippen LogP contribution in [-0.4, -0.2) is 17.8 Å². The van der Waals surface area contributed by atoms with Crippen molar-refractivity contribution in [1.29, 1.82) is 0 Å². The fourth-order valence-corrected chi connectivity index (χ4v) is 2.89. The molecule has 0 aliphatic carbocycles. The van der Waals surface area contributed by atoms with Gasteiger partial charge in [-0.1, -0.05) is 6.07 Å². The maximum atomic E-state index is 11.9. The summed E-state index contributed by atoms with van der Waals surface area (Å²) in [5.74, 6) is -0.0426. The number of carbonyl (C=O) groups is 1. The fourth-order valence-electron chi connectivity index (χ4n) is 1.95. The second-order valence-corrected chi connectivity index (χ2v) is 5.32. The lowest BCUT2D eigenvalue weighted by atomic mass is 10.1. The lowest BCUT2D eigenvalue weighted by Crippen LogP contribution is -2.37. The first-order valence-corrected chi connectivity index (χ1v) is 6.91. The van der Waals surface area contributed by atoms with Crippen LogP contribution < -0.4 is 4.90 Å². The molecule has 0 bridgehead atoms. The first-order chi connectivity index (χ1) is 8.15. The average Bonchev–Trinajstić information content (AvgIpc) is 2.77. The summed E-state index contributed by atoms with van der Waals surface area (Å²) >= 11 is 7.36. The van der Waals surface area contributed by atoms with Crippen LogP contribution in [0.4, 0.5) is 5.69 Å². The molecule has 90 valence electrons. The van der Waals surface area contributed by atoms with Crippen molar-refractivity contribution in [2.75, 3.05) is 10.8 Å². The van der Waals surface area contributed by atoms with Crippen molar-refractivity contribution in [3.05, 3.63) is 29.6 Å². The Labute approximate surface area is 110 Å². The third-order valence-corrected chi connectivity index (χ3v) is 3.74. The van der Waals surface area contributed by atoms with Gasteiger partial charge in [-0.15, -0.1) is 22.9 Å². The Hall–Kier alpha value is -1.06. The molecular formula is C13H14ClNOS. The molecule has 4 heteroatoms. The van der Waals surface area contributed by atoms with E-state index in [-0.39, 0.29) is 17.8 Å². The highest BCUT2D eigenvalue weighted by molar-refractivity contribution is 7.17. The number of amides is 1. The van der Waals surface area contributed by atoms with Crippen LogP contribution in [0, 0.1) is 0 Å². The molecule has 1 amide bonds. The third kappa shape index (κ3) is 2.31.